The summed E-state index contributed by atoms with van der Waals surface area (Å²) < 4.78 is 16.8. The number of hydrogen-bond donors (Lipinski definition) is 6. The Hall–Kier alpha value is -4.17. The average Bonchev–Trinajstić information content (AvgIpc) is 3.31. The Kier molecular flexibility index (Phi) is 8.51. The lowest BCUT2D eigenvalue weighted by atomic mass is 9.52. The molecule has 0 unspecified atom stereocenters. The molecule has 1 amide bonds. The number of aromatic hydroxyl groups is 1. The van der Waals surface area contributed by atoms with Crippen LogP contribution in [0.1, 0.15) is 57.1 Å². The third-order valence-corrected chi connectivity index (χ3v) is 8.34. The Morgan fingerprint density at radius 1 is 1.14 bits per heavy atom. The van der Waals surface area contributed by atoms with E-state index in [0.29, 0.717) is 18.4 Å². The van der Waals surface area contributed by atoms with E-state index >= 15 is 0 Å². The fraction of sp³-hybridized carbons (Fsp3) is 0.536. The van der Waals surface area contributed by atoms with Gasteiger partial charge in [-0.3, -0.25) is 19.2 Å². The molecule has 0 saturated carbocycles. The van der Waals surface area contributed by atoms with Gasteiger partial charge in [0.05, 0.1) is 30.3 Å². The Morgan fingerprint density at radius 2 is 1.83 bits per heavy atom. The van der Waals surface area contributed by atoms with Crippen LogP contribution >= 0.6 is 0 Å². The maximum atomic E-state index is 12.8. The lowest BCUT2D eigenvalue weighted by molar-refractivity contribution is -0.158. The van der Waals surface area contributed by atoms with E-state index in [2.05, 4.69) is 5.32 Å². The fourth-order valence-corrected chi connectivity index (χ4v) is 6.34. The molecule has 2 aliphatic carbocycles. The maximum absolute atomic E-state index is 12.8. The quantitative estimate of drug-likeness (QED) is 0.180. The number of phenols is 1. The molecular formula is C28H34N2O12. The van der Waals surface area contributed by atoms with Crippen LogP contribution in [-0.4, -0.2) is 87.2 Å². The molecule has 0 fully saturated rings. The van der Waals surface area contributed by atoms with E-state index in [1.54, 1.807) is 19.2 Å². The van der Waals surface area contributed by atoms with E-state index in [-0.39, 0.29) is 29.7 Å². The summed E-state index contributed by atoms with van der Waals surface area (Å²) in [6, 6.07) is 1.27. The van der Waals surface area contributed by atoms with E-state index in [0.717, 1.165) is 5.56 Å². The molecule has 6 atom stereocenters. The van der Waals surface area contributed by atoms with Gasteiger partial charge >= 0.3 is 23.9 Å². The molecule has 1 heterocycles. The summed E-state index contributed by atoms with van der Waals surface area (Å²) in [5, 5.41) is 45.7. The maximum Gasteiger partial charge on any atom is 0.326 e. The number of rotatable bonds is 12. The number of carbonyl (C=O) groups is 5. The van der Waals surface area contributed by atoms with E-state index < -0.39 is 78.3 Å². The van der Waals surface area contributed by atoms with Gasteiger partial charge in [0.25, 0.3) is 5.91 Å². The number of amides is 1. The number of ether oxygens (including phenoxy) is 3. The van der Waals surface area contributed by atoms with Crippen molar-refractivity contribution in [2.24, 2.45) is 0 Å². The van der Waals surface area contributed by atoms with Crippen molar-refractivity contribution in [3.05, 3.63) is 35.1 Å². The van der Waals surface area contributed by atoms with Crippen molar-refractivity contribution in [1.82, 2.24) is 10.6 Å². The van der Waals surface area contributed by atoms with Gasteiger partial charge in [0.2, 0.25) is 0 Å². The number of nitrogens with one attached hydrogen (secondary N) is 2. The van der Waals surface area contributed by atoms with Crippen LogP contribution in [0.2, 0.25) is 0 Å². The molecule has 42 heavy (non-hydrogen) atoms. The first-order chi connectivity index (χ1) is 19.8. The second-order valence-electron chi connectivity index (χ2n) is 10.7. The zero-order valence-electron chi connectivity index (χ0n) is 23.3. The van der Waals surface area contributed by atoms with Gasteiger partial charge in [0, 0.05) is 18.0 Å². The SMILES string of the molecule is CC[C@]12c3c4ccc(O)c3O[C@H]1C(OC(=O)CCC(=O)O[C@@H](C)C(=O)N[C@H](CC(=O)O)C(=O)O)=CC[C@@]2(O)[C@H](NC)C4. The van der Waals surface area contributed by atoms with Gasteiger partial charge in [-0.05, 0) is 44.5 Å². The van der Waals surface area contributed by atoms with Crippen LogP contribution in [0.4, 0.5) is 0 Å². The third-order valence-electron chi connectivity index (χ3n) is 8.34. The van der Waals surface area contributed by atoms with Crippen molar-refractivity contribution < 1.29 is 58.6 Å². The van der Waals surface area contributed by atoms with Gasteiger partial charge in [-0.15, -0.1) is 0 Å². The Bertz CT molecular complexity index is 1340. The molecule has 228 valence electrons. The lowest BCUT2D eigenvalue weighted by Gasteiger charge is -2.55. The summed E-state index contributed by atoms with van der Waals surface area (Å²) in [5.41, 5.74) is -0.742. The zero-order valence-corrected chi connectivity index (χ0v) is 23.3. The first kappa shape index (κ1) is 30.8. The van der Waals surface area contributed by atoms with Crippen molar-refractivity contribution in [2.45, 2.75) is 87.7 Å². The summed E-state index contributed by atoms with van der Waals surface area (Å²) in [6.45, 7) is 3.06. The monoisotopic (exact) mass is 590 g/mol. The molecule has 1 aliphatic heterocycles. The number of carboxylic acid groups (broad SMARTS) is 2. The van der Waals surface area contributed by atoms with Crippen LogP contribution in [0, 0.1) is 0 Å². The summed E-state index contributed by atoms with van der Waals surface area (Å²) in [4.78, 5) is 59.2. The van der Waals surface area contributed by atoms with Crippen LogP contribution < -0.4 is 15.4 Å². The molecule has 0 spiro atoms. The van der Waals surface area contributed by atoms with E-state index in [1.165, 1.54) is 13.0 Å². The number of likely N-dealkylation sites (N-methyl/N-ethyl adjacent to an activating group) is 1. The molecule has 0 aromatic heterocycles. The molecule has 1 aromatic carbocycles. The number of aliphatic hydroxyl groups is 1. The van der Waals surface area contributed by atoms with Gasteiger partial charge in [0.1, 0.15) is 11.8 Å². The molecule has 0 radical (unpaired) electrons. The Morgan fingerprint density at radius 3 is 2.45 bits per heavy atom. The van der Waals surface area contributed by atoms with Gasteiger partial charge in [-0.1, -0.05) is 13.0 Å². The van der Waals surface area contributed by atoms with Gasteiger partial charge in [0.15, 0.2) is 23.7 Å². The number of benzene rings is 1. The van der Waals surface area contributed by atoms with E-state index in [9.17, 15) is 34.2 Å². The summed E-state index contributed by atoms with van der Waals surface area (Å²) in [5.74, 6) is -5.48. The van der Waals surface area contributed by atoms with Gasteiger partial charge in [-0.2, -0.15) is 0 Å². The molecular weight excluding hydrogens is 556 g/mol. The van der Waals surface area contributed by atoms with E-state index in [4.69, 9.17) is 24.4 Å². The predicted octanol–water partition coefficient (Wildman–Crippen LogP) is 0.263. The smallest absolute Gasteiger partial charge is 0.326 e. The largest absolute Gasteiger partial charge is 0.504 e. The summed E-state index contributed by atoms with van der Waals surface area (Å²) >= 11 is 0. The highest BCUT2D eigenvalue weighted by atomic mass is 16.6. The molecule has 14 nitrogen and oxygen atoms in total. The van der Waals surface area contributed by atoms with Crippen LogP contribution in [0.3, 0.4) is 0 Å². The highest BCUT2D eigenvalue weighted by Crippen LogP contribution is 2.63. The second kappa shape index (κ2) is 11.6. The third kappa shape index (κ3) is 5.15. The predicted molar refractivity (Wildman–Crippen MR) is 141 cm³/mol. The minimum atomic E-state index is -1.71. The number of phenolic OH excluding ortho intramolecular Hbond substituents is 1. The minimum Gasteiger partial charge on any atom is -0.504 e. The number of aliphatic carboxylic acids is 2. The molecule has 0 bridgehead atoms. The average molecular weight is 591 g/mol. The topological polar surface area (TPSA) is 218 Å². The van der Waals surface area contributed by atoms with Crippen LogP contribution in [0.5, 0.6) is 11.5 Å². The van der Waals surface area contributed by atoms with Gasteiger partial charge < -0.3 is 45.3 Å². The summed E-state index contributed by atoms with van der Waals surface area (Å²) in [7, 11) is 1.76. The Balaban J connectivity index is 1.41. The summed E-state index contributed by atoms with van der Waals surface area (Å²) in [6.07, 6.45) is -1.52. The van der Waals surface area contributed by atoms with Crippen LogP contribution in [-0.2, 0) is 45.3 Å². The molecule has 0 saturated heterocycles. The first-order valence-electron chi connectivity index (χ1n) is 13.6. The Labute approximate surface area is 240 Å². The van der Waals surface area contributed by atoms with Crippen LogP contribution in [0.15, 0.2) is 24.0 Å². The van der Waals surface area contributed by atoms with Crippen molar-refractivity contribution in [1.29, 1.82) is 0 Å². The molecule has 14 heteroatoms. The first-order valence-corrected chi connectivity index (χ1v) is 13.6. The number of carboxylic acids is 2. The highest BCUT2D eigenvalue weighted by molar-refractivity contribution is 5.90. The highest BCUT2D eigenvalue weighted by Gasteiger charge is 2.69. The molecule has 1 aromatic rings. The fourth-order valence-electron chi connectivity index (χ4n) is 6.34. The number of hydrogen-bond acceptors (Lipinski definition) is 11. The lowest BCUT2D eigenvalue weighted by Crippen LogP contribution is -2.70. The minimum absolute atomic E-state index is 0.0922. The number of esters is 2. The van der Waals surface area contributed by atoms with E-state index in [1.807, 2.05) is 12.2 Å². The van der Waals surface area contributed by atoms with Crippen molar-refractivity contribution in [2.75, 3.05) is 7.05 Å². The molecule has 4 rings (SSSR count). The van der Waals surface area contributed by atoms with Crippen molar-refractivity contribution in [3.8, 4) is 11.5 Å². The van der Waals surface area contributed by atoms with Crippen molar-refractivity contribution in [3.63, 3.8) is 0 Å². The number of carbonyl (C=O) groups excluding carboxylic acids is 3. The standard InChI is InChI=1S/C28H34N2O12/c1-4-27-22-14-5-6-16(31)23(22)42-24(27)17(9-10-28(27,39)18(11-14)29-3)41-21(35)8-7-20(34)40-13(2)25(36)30-15(26(37)38)12-19(32)33/h5-6,9,13,15,18,24,29,31,39H,4,7-8,10-12H2,1-3H3,(H,30,36)(H,32,33)(H,37,38)/t13-,15+,18+,24-,27-,28+/m0/s1. The van der Waals surface area contributed by atoms with Crippen LogP contribution in [0.25, 0.3) is 0 Å². The molecule has 6 N–H and O–H groups in total. The normalized spacial score (nSPS) is 26.5. The zero-order chi connectivity index (χ0) is 31.0. The van der Waals surface area contributed by atoms with Crippen molar-refractivity contribution >= 4 is 29.8 Å². The molecule has 3 aliphatic rings. The van der Waals surface area contributed by atoms with Gasteiger partial charge in [-0.25, -0.2) is 4.79 Å². The second-order valence-corrected chi connectivity index (χ2v) is 10.7.